The lowest BCUT2D eigenvalue weighted by molar-refractivity contribution is 0.0776. The Bertz CT molecular complexity index is 469. The monoisotopic (exact) mass is 248 g/mol. The first-order chi connectivity index (χ1) is 8.44. The number of ether oxygens (including phenoxy) is 1. The predicted molar refractivity (Wildman–Crippen MR) is 71.7 cm³/mol. The average molecular weight is 248 g/mol. The Hall–Kier alpha value is -1.71. The lowest BCUT2D eigenvalue weighted by Crippen LogP contribution is -2.31. The van der Waals surface area contributed by atoms with Crippen molar-refractivity contribution in [2.24, 2.45) is 5.41 Å². The van der Waals surface area contributed by atoms with E-state index in [4.69, 9.17) is 10.5 Å². The van der Waals surface area contributed by atoms with Crippen LogP contribution >= 0.6 is 0 Å². The van der Waals surface area contributed by atoms with E-state index in [0.29, 0.717) is 17.0 Å². The molecule has 0 spiro atoms. The molecule has 1 aliphatic rings. The largest absolute Gasteiger partial charge is 0.496 e. The van der Waals surface area contributed by atoms with Crippen LogP contribution in [-0.4, -0.2) is 31.0 Å². The van der Waals surface area contributed by atoms with Gasteiger partial charge in [-0.25, -0.2) is 0 Å². The van der Waals surface area contributed by atoms with Gasteiger partial charge in [0.05, 0.1) is 7.11 Å². The Morgan fingerprint density at radius 1 is 1.44 bits per heavy atom. The molecule has 4 nitrogen and oxygen atoms in total. The molecule has 2 rings (SSSR count). The summed E-state index contributed by atoms with van der Waals surface area (Å²) < 4.78 is 5.23. The predicted octanol–water partition coefficient (Wildman–Crippen LogP) is 2.15. The maximum absolute atomic E-state index is 12.5. The van der Waals surface area contributed by atoms with Crippen LogP contribution in [0.15, 0.2) is 18.2 Å². The second kappa shape index (κ2) is 4.52. The molecule has 1 aromatic rings. The van der Waals surface area contributed by atoms with E-state index >= 15 is 0 Å². The number of carbonyl (C=O) groups excluding carboxylic acids is 1. The van der Waals surface area contributed by atoms with Gasteiger partial charge in [0.2, 0.25) is 0 Å². The normalized spacial score (nSPS) is 17.8. The second-order valence-electron chi connectivity index (χ2n) is 5.57. The zero-order valence-corrected chi connectivity index (χ0v) is 11.2. The van der Waals surface area contributed by atoms with E-state index in [1.165, 1.54) is 0 Å². The molecular weight excluding hydrogens is 228 g/mol. The van der Waals surface area contributed by atoms with Gasteiger partial charge in [0, 0.05) is 18.8 Å². The number of likely N-dealkylation sites (tertiary alicyclic amines) is 1. The molecule has 0 saturated carbocycles. The van der Waals surface area contributed by atoms with Crippen molar-refractivity contribution in [3.63, 3.8) is 0 Å². The van der Waals surface area contributed by atoms with Crippen molar-refractivity contribution >= 4 is 11.6 Å². The van der Waals surface area contributed by atoms with Crippen molar-refractivity contribution in [2.75, 3.05) is 25.9 Å². The zero-order chi connectivity index (χ0) is 13.3. The van der Waals surface area contributed by atoms with Crippen LogP contribution in [0.4, 0.5) is 5.69 Å². The van der Waals surface area contributed by atoms with E-state index in [-0.39, 0.29) is 11.3 Å². The molecule has 1 amide bonds. The molecule has 2 N–H and O–H groups in total. The minimum atomic E-state index is -0.0319. The number of methoxy groups -OCH3 is 1. The molecule has 0 aliphatic carbocycles. The summed E-state index contributed by atoms with van der Waals surface area (Å²) in [5, 5.41) is 0. The number of hydrogen-bond acceptors (Lipinski definition) is 3. The zero-order valence-electron chi connectivity index (χ0n) is 11.2. The molecule has 1 heterocycles. The van der Waals surface area contributed by atoms with Gasteiger partial charge in [0.1, 0.15) is 11.3 Å². The third kappa shape index (κ3) is 2.28. The van der Waals surface area contributed by atoms with Gasteiger partial charge in [0.25, 0.3) is 5.91 Å². The summed E-state index contributed by atoms with van der Waals surface area (Å²) in [6, 6.07) is 5.29. The molecule has 1 saturated heterocycles. The Kier molecular flexibility index (Phi) is 3.20. The lowest BCUT2D eigenvalue weighted by atomic mass is 9.93. The maximum atomic E-state index is 12.5. The van der Waals surface area contributed by atoms with Crippen LogP contribution in [0.25, 0.3) is 0 Å². The van der Waals surface area contributed by atoms with Crippen LogP contribution in [0.5, 0.6) is 5.75 Å². The van der Waals surface area contributed by atoms with Gasteiger partial charge in [-0.15, -0.1) is 0 Å². The smallest absolute Gasteiger partial charge is 0.259 e. The molecule has 98 valence electrons. The highest BCUT2D eigenvalue weighted by molar-refractivity contribution is 6.02. The van der Waals surface area contributed by atoms with Crippen LogP contribution in [-0.2, 0) is 0 Å². The molecule has 18 heavy (non-hydrogen) atoms. The first-order valence-corrected chi connectivity index (χ1v) is 6.16. The standard InChI is InChI=1S/C14H20N2O2/c1-14(2)7-8-16(9-14)13(17)12-10(15)5-4-6-11(12)18-3/h4-6H,7-9,15H2,1-3H3. The van der Waals surface area contributed by atoms with Gasteiger partial charge in [-0.05, 0) is 24.0 Å². The summed E-state index contributed by atoms with van der Waals surface area (Å²) in [7, 11) is 1.56. The first kappa shape index (κ1) is 12.7. The van der Waals surface area contributed by atoms with E-state index in [9.17, 15) is 4.79 Å². The summed E-state index contributed by atoms with van der Waals surface area (Å²) >= 11 is 0. The number of nitrogen functional groups attached to an aromatic ring is 1. The van der Waals surface area contributed by atoms with E-state index in [1.807, 2.05) is 4.90 Å². The van der Waals surface area contributed by atoms with Crippen LogP contribution in [0.3, 0.4) is 0 Å². The van der Waals surface area contributed by atoms with Gasteiger partial charge in [-0.1, -0.05) is 19.9 Å². The van der Waals surface area contributed by atoms with E-state index in [2.05, 4.69) is 13.8 Å². The SMILES string of the molecule is COc1cccc(N)c1C(=O)N1CCC(C)(C)C1. The maximum Gasteiger partial charge on any atom is 0.259 e. The fourth-order valence-electron chi connectivity index (χ4n) is 2.39. The van der Waals surface area contributed by atoms with Gasteiger partial charge in [0.15, 0.2) is 0 Å². The molecule has 4 heteroatoms. The Labute approximate surface area is 108 Å². The second-order valence-corrected chi connectivity index (χ2v) is 5.57. The summed E-state index contributed by atoms with van der Waals surface area (Å²) in [6.07, 6.45) is 1.02. The average Bonchev–Trinajstić information content (AvgIpc) is 2.68. The van der Waals surface area contributed by atoms with Crippen LogP contribution in [0, 0.1) is 5.41 Å². The molecule has 1 fully saturated rings. The third-order valence-electron chi connectivity index (χ3n) is 3.46. The minimum absolute atomic E-state index is 0.0319. The van der Waals surface area contributed by atoms with E-state index in [1.54, 1.807) is 25.3 Å². The van der Waals surface area contributed by atoms with Crippen molar-refractivity contribution in [1.29, 1.82) is 0 Å². The Morgan fingerprint density at radius 3 is 2.72 bits per heavy atom. The summed E-state index contributed by atoms with van der Waals surface area (Å²) in [6.45, 7) is 5.89. The quantitative estimate of drug-likeness (QED) is 0.816. The fourth-order valence-corrected chi connectivity index (χ4v) is 2.39. The topological polar surface area (TPSA) is 55.6 Å². The molecule has 0 radical (unpaired) electrons. The number of benzene rings is 1. The molecule has 1 aromatic carbocycles. The molecule has 0 unspecified atom stereocenters. The van der Waals surface area contributed by atoms with Gasteiger partial charge in [-0.2, -0.15) is 0 Å². The van der Waals surface area contributed by atoms with Crippen molar-refractivity contribution < 1.29 is 9.53 Å². The fraction of sp³-hybridized carbons (Fsp3) is 0.500. The number of anilines is 1. The number of amides is 1. The minimum Gasteiger partial charge on any atom is -0.496 e. The molecule has 1 aliphatic heterocycles. The molecule has 0 bridgehead atoms. The molecule has 0 atom stereocenters. The summed E-state index contributed by atoms with van der Waals surface area (Å²) in [5.41, 5.74) is 7.05. The highest BCUT2D eigenvalue weighted by Gasteiger charge is 2.33. The van der Waals surface area contributed by atoms with Crippen LogP contribution < -0.4 is 10.5 Å². The number of carbonyl (C=O) groups is 1. The lowest BCUT2D eigenvalue weighted by Gasteiger charge is -2.21. The Balaban J connectivity index is 2.30. The van der Waals surface area contributed by atoms with Crippen molar-refractivity contribution in [3.05, 3.63) is 23.8 Å². The first-order valence-electron chi connectivity index (χ1n) is 6.16. The van der Waals surface area contributed by atoms with Gasteiger partial charge < -0.3 is 15.4 Å². The molecule has 0 aromatic heterocycles. The third-order valence-corrected chi connectivity index (χ3v) is 3.46. The highest BCUT2D eigenvalue weighted by Crippen LogP contribution is 2.32. The van der Waals surface area contributed by atoms with Crippen molar-refractivity contribution in [2.45, 2.75) is 20.3 Å². The van der Waals surface area contributed by atoms with Gasteiger partial charge >= 0.3 is 0 Å². The highest BCUT2D eigenvalue weighted by atomic mass is 16.5. The van der Waals surface area contributed by atoms with Crippen LogP contribution in [0.1, 0.15) is 30.6 Å². The number of hydrogen-bond donors (Lipinski definition) is 1. The molecular formula is C14H20N2O2. The number of nitrogens with two attached hydrogens (primary N) is 1. The van der Waals surface area contributed by atoms with Crippen molar-refractivity contribution in [1.82, 2.24) is 4.90 Å². The number of rotatable bonds is 2. The van der Waals surface area contributed by atoms with E-state index < -0.39 is 0 Å². The van der Waals surface area contributed by atoms with E-state index in [0.717, 1.165) is 19.5 Å². The van der Waals surface area contributed by atoms with Crippen LogP contribution in [0.2, 0.25) is 0 Å². The van der Waals surface area contributed by atoms with Crippen molar-refractivity contribution in [3.8, 4) is 5.75 Å². The Morgan fingerprint density at radius 2 is 2.17 bits per heavy atom. The van der Waals surface area contributed by atoms with Gasteiger partial charge in [-0.3, -0.25) is 4.79 Å². The summed E-state index contributed by atoms with van der Waals surface area (Å²) in [5.74, 6) is 0.514. The number of nitrogens with zero attached hydrogens (tertiary/aromatic N) is 1. The summed E-state index contributed by atoms with van der Waals surface area (Å²) in [4.78, 5) is 14.4.